The highest BCUT2D eigenvalue weighted by Gasteiger charge is 1.84. The SMILES string of the molecule is OCOc1ccccc1.OCc1ccccc1. The van der Waals surface area contributed by atoms with Crippen molar-refractivity contribution < 1.29 is 14.9 Å². The molecule has 0 unspecified atom stereocenters. The van der Waals surface area contributed by atoms with Crippen molar-refractivity contribution in [2.24, 2.45) is 0 Å². The average molecular weight is 232 g/mol. The number of aliphatic hydroxyl groups excluding tert-OH is 2. The van der Waals surface area contributed by atoms with E-state index in [4.69, 9.17) is 14.9 Å². The number of para-hydroxylation sites is 1. The molecule has 0 spiro atoms. The molecule has 0 radical (unpaired) electrons. The highest BCUT2D eigenvalue weighted by atomic mass is 16.6. The van der Waals surface area contributed by atoms with E-state index < -0.39 is 0 Å². The summed E-state index contributed by atoms with van der Waals surface area (Å²) in [6.07, 6.45) is 0. The molecule has 2 aromatic rings. The lowest BCUT2D eigenvalue weighted by Gasteiger charge is -1.98. The molecule has 0 saturated heterocycles. The average Bonchev–Trinajstić information content (AvgIpc) is 2.42. The molecule has 0 aromatic heterocycles. The largest absolute Gasteiger partial charge is 0.468 e. The van der Waals surface area contributed by atoms with Crippen LogP contribution in [0.15, 0.2) is 60.7 Å². The van der Waals surface area contributed by atoms with Gasteiger partial charge >= 0.3 is 0 Å². The van der Waals surface area contributed by atoms with Crippen LogP contribution in [0, 0.1) is 0 Å². The van der Waals surface area contributed by atoms with Gasteiger partial charge in [-0.25, -0.2) is 0 Å². The number of hydrogen-bond acceptors (Lipinski definition) is 3. The van der Waals surface area contributed by atoms with Crippen molar-refractivity contribution in [3.05, 3.63) is 66.2 Å². The van der Waals surface area contributed by atoms with Crippen LogP contribution in [0.5, 0.6) is 5.75 Å². The molecule has 2 aromatic carbocycles. The van der Waals surface area contributed by atoms with E-state index in [0.29, 0.717) is 5.75 Å². The van der Waals surface area contributed by atoms with Crippen LogP contribution in [0.2, 0.25) is 0 Å². The lowest BCUT2D eigenvalue weighted by atomic mass is 10.2. The fourth-order valence-corrected chi connectivity index (χ4v) is 1.17. The summed E-state index contributed by atoms with van der Waals surface area (Å²) in [6, 6.07) is 18.7. The van der Waals surface area contributed by atoms with Crippen molar-refractivity contribution >= 4 is 0 Å². The first-order chi connectivity index (χ1) is 8.36. The third kappa shape index (κ3) is 5.70. The minimum Gasteiger partial charge on any atom is -0.468 e. The molecule has 0 aliphatic heterocycles. The minimum atomic E-state index is -0.260. The van der Waals surface area contributed by atoms with Crippen molar-refractivity contribution in [3.63, 3.8) is 0 Å². The Morgan fingerprint density at radius 3 is 1.71 bits per heavy atom. The van der Waals surface area contributed by atoms with Gasteiger partial charge in [-0.05, 0) is 17.7 Å². The highest BCUT2D eigenvalue weighted by molar-refractivity contribution is 5.20. The molecular formula is C14H16O3. The Labute approximate surface area is 101 Å². The zero-order chi connectivity index (χ0) is 12.3. The Morgan fingerprint density at radius 2 is 1.29 bits per heavy atom. The van der Waals surface area contributed by atoms with Gasteiger partial charge in [0.05, 0.1) is 6.61 Å². The molecule has 2 N–H and O–H groups in total. The van der Waals surface area contributed by atoms with E-state index in [0.717, 1.165) is 5.56 Å². The van der Waals surface area contributed by atoms with E-state index in [1.165, 1.54) is 0 Å². The first-order valence-corrected chi connectivity index (χ1v) is 5.30. The Bertz CT molecular complexity index is 387. The zero-order valence-electron chi connectivity index (χ0n) is 9.49. The first kappa shape index (κ1) is 13.2. The van der Waals surface area contributed by atoms with Crippen molar-refractivity contribution in [3.8, 4) is 5.75 Å². The van der Waals surface area contributed by atoms with Crippen LogP contribution in [0.3, 0.4) is 0 Å². The predicted octanol–water partition coefficient (Wildman–Crippen LogP) is 2.19. The summed E-state index contributed by atoms with van der Waals surface area (Å²) in [5.41, 5.74) is 0.965. The maximum atomic E-state index is 8.54. The maximum Gasteiger partial charge on any atom is 0.186 e. The topological polar surface area (TPSA) is 49.7 Å². The molecule has 90 valence electrons. The Hall–Kier alpha value is -1.84. The van der Waals surface area contributed by atoms with Crippen LogP contribution in [-0.4, -0.2) is 17.0 Å². The molecule has 17 heavy (non-hydrogen) atoms. The molecule has 0 aliphatic rings. The summed E-state index contributed by atoms with van der Waals surface area (Å²) in [5, 5.41) is 16.8. The molecule has 2 rings (SSSR count). The van der Waals surface area contributed by atoms with Crippen LogP contribution in [0.4, 0.5) is 0 Å². The summed E-state index contributed by atoms with van der Waals surface area (Å²) in [4.78, 5) is 0. The van der Waals surface area contributed by atoms with Crippen molar-refractivity contribution in [1.29, 1.82) is 0 Å². The number of benzene rings is 2. The van der Waals surface area contributed by atoms with Gasteiger partial charge in [-0.1, -0.05) is 48.5 Å². The second kappa shape index (κ2) is 8.33. The van der Waals surface area contributed by atoms with Gasteiger partial charge in [0, 0.05) is 0 Å². The Morgan fingerprint density at radius 1 is 0.765 bits per heavy atom. The quantitative estimate of drug-likeness (QED) is 0.797. The lowest BCUT2D eigenvalue weighted by molar-refractivity contribution is 0.0985. The van der Waals surface area contributed by atoms with E-state index >= 15 is 0 Å². The lowest BCUT2D eigenvalue weighted by Crippen LogP contribution is -1.93. The number of aliphatic hydroxyl groups is 2. The van der Waals surface area contributed by atoms with Gasteiger partial charge in [-0.15, -0.1) is 0 Å². The molecule has 0 fully saturated rings. The first-order valence-electron chi connectivity index (χ1n) is 5.30. The number of ether oxygens (including phenoxy) is 1. The second-order valence-corrected chi connectivity index (χ2v) is 3.23. The molecule has 0 amide bonds. The van der Waals surface area contributed by atoms with Crippen molar-refractivity contribution in [1.82, 2.24) is 0 Å². The highest BCUT2D eigenvalue weighted by Crippen LogP contribution is 2.06. The predicted molar refractivity (Wildman–Crippen MR) is 66.5 cm³/mol. The summed E-state index contributed by atoms with van der Waals surface area (Å²) in [5.74, 6) is 0.694. The molecule has 0 heterocycles. The van der Waals surface area contributed by atoms with Crippen LogP contribution >= 0.6 is 0 Å². The molecule has 0 saturated carbocycles. The van der Waals surface area contributed by atoms with Crippen LogP contribution in [-0.2, 0) is 6.61 Å². The fourth-order valence-electron chi connectivity index (χ4n) is 1.17. The van der Waals surface area contributed by atoms with Crippen LogP contribution < -0.4 is 4.74 Å². The van der Waals surface area contributed by atoms with Gasteiger partial charge in [0.15, 0.2) is 6.79 Å². The second-order valence-electron chi connectivity index (χ2n) is 3.23. The molecule has 3 heteroatoms. The third-order valence-electron chi connectivity index (χ3n) is 2.00. The van der Waals surface area contributed by atoms with Crippen LogP contribution in [0.25, 0.3) is 0 Å². The number of hydrogen-bond donors (Lipinski definition) is 2. The van der Waals surface area contributed by atoms with Crippen molar-refractivity contribution in [2.45, 2.75) is 6.61 Å². The van der Waals surface area contributed by atoms with E-state index in [1.807, 2.05) is 48.5 Å². The van der Waals surface area contributed by atoms with Gasteiger partial charge in [0.25, 0.3) is 0 Å². The van der Waals surface area contributed by atoms with Gasteiger partial charge in [0.1, 0.15) is 5.75 Å². The summed E-state index contributed by atoms with van der Waals surface area (Å²) in [6.45, 7) is -0.120. The van der Waals surface area contributed by atoms with Crippen molar-refractivity contribution in [2.75, 3.05) is 6.79 Å². The smallest absolute Gasteiger partial charge is 0.186 e. The van der Waals surface area contributed by atoms with E-state index in [2.05, 4.69) is 0 Å². The third-order valence-corrected chi connectivity index (χ3v) is 2.00. The van der Waals surface area contributed by atoms with Gasteiger partial charge in [0.2, 0.25) is 0 Å². The molecule has 0 aliphatic carbocycles. The standard InChI is InChI=1S/C7H8O2.C7H8O/c8-6-9-7-4-2-1-3-5-7;8-6-7-4-2-1-3-5-7/h1-5,8H,6H2;1-5,8H,6H2. The zero-order valence-corrected chi connectivity index (χ0v) is 9.49. The summed E-state index contributed by atoms with van der Waals surface area (Å²) >= 11 is 0. The molecular weight excluding hydrogens is 216 g/mol. The van der Waals surface area contributed by atoms with E-state index in [-0.39, 0.29) is 13.4 Å². The van der Waals surface area contributed by atoms with Gasteiger partial charge in [-0.3, -0.25) is 0 Å². The monoisotopic (exact) mass is 232 g/mol. The van der Waals surface area contributed by atoms with Gasteiger partial charge < -0.3 is 14.9 Å². The number of rotatable bonds is 3. The van der Waals surface area contributed by atoms with E-state index in [9.17, 15) is 0 Å². The van der Waals surface area contributed by atoms with E-state index in [1.54, 1.807) is 12.1 Å². The molecule has 0 atom stereocenters. The fraction of sp³-hybridized carbons (Fsp3) is 0.143. The molecule has 0 bridgehead atoms. The maximum absolute atomic E-state index is 8.54. The summed E-state index contributed by atoms with van der Waals surface area (Å²) in [7, 11) is 0. The minimum absolute atomic E-state index is 0.140. The van der Waals surface area contributed by atoms with Gasteiger partial charge in [-0.2, -0.15) is 0 Å². The normalized spacial score (nSPS) is 9.06. The Kier molecular flexibility index (Phi) is 6.48. The molecule has 3 nitrogen and oxygen atoms in total. The summed E-state index contributed by atoms with van der Waals surface area (Å²) < 4.78 is 4.76. The Balaban J connectivity index is 0.000000171. The van der Waals surface area contributed by atoms with Crippen LogP contribution in [0.1, 0.15) is 5.56 Å².